The van der Waals surface area contributed by atoms with E-state index in [9.17, 15) is 10.2 Å². The van der Waals surface area contributed by atoms with E-state index in [1.54, 1.807) is 0 Å². The number of rotatable bonds is 19. The van der Waals surface area contributed by atoms with Crippen molar-refractivity contribution >= 4 is 0 Å². The molecular formula is C25H50O4. The van der Waals surface area contributed by atoms with Crippen molar-refractivity contribution in [2.45, 2.75) is 111 Å². The first-order valence-corrected chi connectivity index (χ1v) is 12.0. The number of aliphatic hydroxyl groups is 3. The van der Waals surface area contributed by atoms with Gasteiger partial charge < -0.3 is 20.1 Å². The van der Waals surface area contributed by atoms with Crippen LogP contribution in [0.25, 0.3) is 0 Å². The van der Waals surface area contributed by atoms with E-state index in [0.29, 0.717) is 6.61 Å². The number of ether oxygens (including phenoxy) is 1. The molecule has 29 heavy (non-hydrogen) atoms. The highest BCUT2D eigenvalue weighted by Gasteiger charge is 2.14. The third-order valence-corrected chi connectivity index (χ3v) is 5.82. The molecule has 4 nitrogen and oxygen atoms in total. The highest BCUT2D eigenvalue weighted by molar-refractivity contribution is 4.97. The molecule has 4 heteroatoms. The average Bonchev–Trinajstić information content (AvgIpc) is 2.66. The Balaban J connectivity index is 3.66. The van der Waals surface area contributed by atoms with Crippen LogP contribution in [0.2, 0.25) is 0 Å². The Labute approximate surface area is 180 Å². The second kappa shape index (κ2) is 18.4. The van der Waals surface area contributed by atoms with E-state index in [4.69, 9.17) is 9.84 Å². The molecule has 0 amide bonds. The molecule has 4 unspecified atom stereocenters. The van der Waals surface area contributed by atoms with E-state index in [2.05, 4.69) is 40.7 Å². The highest BCUT2D eigenvalue weighted by atomic mass is 16.5. The molecule has 0 aromatic carbocycles. The average molecular weight is 415 g/mol. The molecule has 0 saturated carbocycles. The highest BCUT2D eigenvalue weighted by Crippen LogP contribution is 2.22. The lowest BCUT2D eigenvalue weighted by atomic mass is 9.91. The minimum atomic E-state index is -1.12. The summed E-state index contributed by atoms with van der Waals surface area (Å²) >= 11 is 0. The summed E-state index contributed by atoms with van der Waals surface area (Å²) in [6, 6.07) is 0. The Morgan fingerprint density at radius 1 is 0.828 bits per heavy atom. The van der Waals surface area contributed by atoms with Crippen LogP contribution in [0.4, 0.5) is 0 Å². The Kier molecular flexibility index (Phi) is 18.1. The van der Waals surface area contributed by atoms with Gasteiger partial charge in [-0.1, -0.05) is 84.3 Å². The van der Waals surface area contributed by atoms with Crippen molar-refractivity contribution in [1.82, 2.24) is 0 Å². The van der Waals surface area contributed by atoms with Crippen molar-refractivity contribution in [3.8, 4) is 0 Å². The van der Waals surface area contributed by atoms with E-state index in [0.717, 1.165) is 30.6 Å². The molecule has 0 bridgehead atoms. The molecule has 0 aliphatic heterocycles. The van der Waals surface area contributed by atoms with E-state index in [1.165, 1.54) is 56.9 Å². The normalized spacial score (nSPS) is 16.8. The van der Waals surface area contributed by atoms with Gasteiger partial charge >= 0.3 is 0 Å². The quantitative estimate of drug-likeness (QED) is 0.193. The van der Waals surface area contributed by atoms with Crippen molar-refractivity contribution in [2.24, 2.45) is 17.8 Å². The molecule has 174 valence electrons. The van der Waals surface area contributed by atoms with Crippen LogP contribution in [0, 0.1) is 17.8 Å². The smallest absolute Gasteiger partial charge is 0.105 e. The van der Waals surface area contributed by atoms with Crippen LogP contribution in [-0.4, -0.2) is 47.3 Å². The SMILES string of the molecule is C/C(=C\CCOCC(O)C(O)CO)CCCC(C)CCCC(C)CCCC(C)C. The Morgan fingerprint density at radius 2 is 1.38 bits per heavy atom. The maximum absolute atomic E-state index is 9.49. The number of aliphatic hydroxyl groups excluding tert-OH is 3. The maximum Gasteiger partial charge on any atom is 0.105 e. The summed E-state index contributed by atoms with van der Waals surface area (Å²) in [4.78, 5) is 0. The monoisotopic (exact) mass is 414 g/mol. The summed E-state index contributed by atoms with van der Waals surface area (Å²) in [5.41, 5.74) is 1.40. The first kappa shape index (κ1) is 28.6. The zero-order valence-electron chi connectivity index (χ0n) is 19.9. The summed E-state index contributed by atoms with van der Waals surface area (Å²) in [6.07, 6.45) is 12.8. The molecule has 4 atom stereocenters. The van der Waals surface area contributed by atoms with Crippen molar-refractivity contribution in [2.75, 3.05) is 19.8 Å². The predicted octanol–water partition coefficient (Wildman–Crippen LogP) is 5.49. The van der Waals surface area contributed by atoms with Crippen LogP contribution in [0.5, 0.6) is 0 Å². The molecule has 0 saturated heterocycles. The lowest BCUT2D eigenvalue weighted by Crippen LogP contribution is -2.33. The first-order valence-electron chi connectivity index (χ1n) is 12.0. The van der Waals surface area contributed by atoms with Gasteiger partial charge in [-0.15, -0.1) is 0 Å². The van der Waals surface area contributed by atoms with Crippen molar-refractivity contribution in [3.63, 3.8) is 0 Å². The van der Waals surface area contributed by atoms with Gasteiger partial charge in [0.1, 0.15) is 12.2 Å². The maximum atomic E-state index is 9.49. The van der Waals surface area contributed by atoms with E-state index in [-0.39, 0.29) is 6.61 Å². The molecule has 0 aromatic rings. The fourth-order valence-corrected chi connectivity index (χ4v) is 3.63. The van der Waals surface area contributed by atoms with E-state index in [1.807, 2.05) is 0 Å². The van der Waals surface area contributed by atoms with Gasteiger partial charge in [0, 0.05) is 0 Å². The molecule has 0 aliphatic carbocycles. The Morgan fingerprint density at radius 3 is 1.93 bits per heavy atom. The van der Waals surface area contributed by atoms with Gasteiger partial charge in [-0.2, -0.15) is 0 Å². The van der Waals surface area contributed by atoms with Crippen LogP contribution in [-0.2, 0) is 4.74 Å². The molecule has 3 N–H and O–H groups in total. The van der Waals surface area contributed by atoms with Gasteiger partial charge in [0.05, 0.1) is 19.8 Å². The molecule has 0 aromatic heterocycles. The molecule has 0 spiro atoms. The summed E-state index contributed by atoms with van der Waals surface area (Å²) in [7, 11) is 0. The topological polar surface area (TPSA) is 69.9 Å². The van der Waals surface area contributed by atoms with Crippen LogP contribution in [0.1, 0.15) is 98.8 Å². The predicted molar refractivity (Wildman–Crippen MR) is 123 cm³/mol. The lowest BCUT2D eigenvalue weighted by Gasteiger charge is -2.15. The third-order valence-electron chi connectivity index (χ3n) is 5.82. The van der Waals surface area contributed by atoms with Crippen molar-refractivity contribution < 1.29 is 20.1 Å². The fourth-order valence-electron chi connectivity index (χ4n) is 3.63. The summed E-state index contributed by atoms with van der Waals surface area (Å²) in [5, 5.41) is 27.5. The molecule has 0 radical (unpaired) electrons. The standard InChI is InChI=1S/C25H50O4/c1-20(2)10-6-11-21(3)12-7-13-22(4)14-8-15-23(5)16-9-17-29-19-25(28)24(27)18-26/h16,20-22,24-28H,6-15,17-19H2,1-5H3/b23-16+. The lowest BCUT2D eigenvalue weighted by molar-refractivity contribution is -0.0560. The summed E-state index contributed by atoms with van der Waals surface area (Å²) in [5.74, 6) is 2.53. The third kappa shape index (κ3) is 18.1. The van der Waals surface area contributed by atoms with E-state index < -0.39 is 18.8 Å². The molecule has 0 rings (SSSR count). The molecule has 0 fully saturated rings. The molecular weight excluding hydrogens is 364 g/mol. The second-order valence-corrected chi connectivity index (χ2v) is 9.59. The van der Waals surface area contributed by atoms with Gasteiger partial charge in [0.2, 0.25) is 0 Å². The Bertz CT molecular complexity index is 394. The number of allylic oxidation sites excluding steroid dienone is 1. The molecule has 0 aliphatic rings. The van der Waals surface area contributed by atoms with E-state index >= 15 is 0 Å². The van der Waals surface area contributed by atoms with Gasteiger partial charge in [-0.25, -0.2) is 0 Å². The van der Waals surface area contributed by atoms with Gasteiger partial charge in [0.25, 0.3) is 0 Å². The van der Waals surface area contributed by atoms with Crippen molar-refractivity contribution in [3.05, 3.63) is 11.6 Å². The number of hydrogen-bond acceptors (Lipinski definition) is 4. The molecule has 0 heterocycles. The number of hydrogen-bond donors (Lipinski definition) is 3. The van der Waals surface area contributed by atoms with Crippen LogP contribution >= 0.6 is 0 Å². The van der Waals surface area contributed by atoms with Gasteiger partial charge in [-0.05, 0) is 43.9 Å². The first-order chi connectivity index (χ1) is 13.8. The minimum Gasteiger partial charge on any atom is -0.394 e. The summed E-state index contributed by atoms with van der Waals surface area (Å²) in [6.45, 7) is 11.7. The van der Waals surface area contributed by atoms with Gasteiger partial charge in [0.15, 0.2) is 0 Å². The van der Waals surface area contributed by atoms with Crippen LogP contribution in [0.15, 0.2) is 11.6 Å². The van der Waals surface area contributed by atoms with Crippen LogP contribution < -0.4 is 0 Å². The summed E-state index contributed by atoms with van der Waals surface area (Å²) < 4.78 is 5.35. The van der Waals surface area contributed by atoms with Crippen LogP contribution in [0.3, 0.4) is 0 Å². The van der Waals surface area contributed by atoms with Crippen molar-refractivity contribution in [1.29, 1.82) is 0 Å². The zero-order chi connectivity index (χ0) is 22.1. The Hall–Kier alpha value is -0.420. The zero-order valence-corrected chi connectivity index (χ0v) is 19.9. The van der Waals surface area contributed by atoms with Gasteiger partial charge in [-0.3, -0.25) is 0 Å². The largest absolute Gasteiger partial charge is 0.394 e. The minimum absolute atomic E-state index is 0.0580. The fraction of sp³-hybridized carbons (Fsp3) is 0.920. The second-order valence-electron chi connectivity index (χ2n) is 9.59.